The molecular weight excluding hydrogens is 436 g/mol. The number of rotatable bonds is 9. The molecule has 0 amide bonds. The number of nitrogens with two attached hydrogens (primary N) is 1. The van der Waals surface area contributed by atoms with Crippen LogP contribution in [0.25, 0.3) is 22.4 Å². The number of nitrogens with zero attached hydrogens (tertiary/aromatic N) is 3. The molecule has 8 nitrogen and oxygen atoms in total. The SMILES string of the molecule is CS(=O)(=O)n1c(CN)cc2ccc(-c3nnc(CSCCOc4ccccc4)o3)cc21. The van der Waals surface area contributed by atoms with Gasteiger partial charge < -0.3 is 14.9 Å². The van der Waals surface area contributed by atoms with Crippen molar-refractivity contribution in [1.29, 1.82) is 0 Å². The summed E-state index contributed by atoms with van der Waals surface area (Å²) in [7, 11) is -3.51. The van der Waals surface area contributed by atoms with E-state index in [-0.39, 0.29) is 6.54 Å². The van der Waals surface area contributed by atoms with Crippen molar-refractivity contribution in [1.82, 2.24) is 14.2 Å². The van der Waals surface area contributed by atoms with Gasteiger partial charge in [-0.25, -0.2) is 12.4 Å². The molecule has 0 saturated heterocycles. The molecule has 2 N–H and O–H groups in total. The standard InChI is InChI=1S/C21H22N4O4S2/c1-31(26,27)25-17(13-22)11-15-7-8-16(12-19(15)25)21-24-23-20(29-21)14-30-10-9-28-18-5-3-2-4-6-18/h2-8,11-12H,9-10,13-14,22H2,1H3. The van der Waals surface area contributed by atoms with E-state index in [1.165, 1.54) is 3.97 Å². The van der Waals surface area contributed by atoms with Gasteiger partial charge in [-0.2, -0.15) is 0 Å². The summed E-state index contributed by atoms with van der Waals surface area (Å²) in [4.78, 5) is 0. The Morgan fingerprint density at radius 2 is 1.94 bits per heavy atom. The van der Waals surface area contributed by atoms with Crippen LogP contribution in [0.15, 0.2) is 59.0 Å². The largest absolute Gasteiger partial charge is 0.493 e. The highest BCUT2D eigenvalue weighted by Gasteiger charge is 2.17. The van der Waals surface area contributed by atoms with Gasteiger partial charge in [0.2, 0.25) is 21.8 Å². The lowest BCUT2D eigenvalue weighted by molar-refractivity contribution is 0.344. The van der Waals surface area contributed by atoms with Crippen molar-refractivity contribution < 1.29 is 17.6 Å². The smallest absolute Gasteiger partial charge is 0.247 e. The van der Waals surface area contributed by atoms with Gasteiger partial charge in [-0.05, 0) is 30.3 Å². The van der Waals surface area contributed by atoms with E-state index in [1.807, 2.05) is 42.5 Å². The van der Waals surface area contributed by atoms with Crippen LogP contribution in [0.2, 0.25) is 0 Å². The van der Waals surface area contributed by atoms with E-state index in [9.17, 15) is 8.42 Å². The Labute approximate surface area is 184 Å². The average molecular weight is 459 g/mol. The lowest BCUT2D eigenvalue weighted by Crippen LogP contribution is -2.15. The predicted molar refractivity (Wildman–Crippen MR) is 121 cm³/mol. The zero-order chi connectivity index (χ0) is 21.8. The summed E-state index contributed by atoms with van der Waals surface area (Å²) in [5.74, 6) is 3.02. The van der Waals surface area contributed by atoms with Gasteiger partial charge in [-0.15, -0.1) is 22.0 Å². The number of hydrogen-bond donors (Lipinski definition) is 1. The zero-order valence-electron chi connectivity index (χ0n) is 16.9. The third-order valence-corrected chi connectivity index (χ3v) is 6.55. The molecule has 0 aliphatic heterocycles. The molecule has 0 fully saturated rings. The van der Waals surface area contributed by atoms with Crippen molar-refractivity contribution in [3.05, 3.63) is 66.2 Å². The molecule has 0 aliphatic rings. The zero-order valence-corrected chi connectivity index (χ0v) is 18.5. The minimum Gasteiger partial charge on any atom is -0.493 e. The molecule has 4 rings (SSSR count). The molecule has 2 heterocycles. The molecule has 0 spiro atoms. The van der Waals surface area contributed by atoms with Crippen LogP contribution in [0.3, 0.4) is 0 Å². The summed E-state index contributed by atoms with van der Waals surface area (Å²) in [5.41, 5.74) is 7.43. The fourth-order valence-electron chi connectivity index (χ4n) is 3.22. The molecule has 31 heavy (non-hydrogen) atoms. The van der Waals surface area contributed by atoms with Gasteiger partial charge in [0.1, 0.15) is 5.75 Å². The molecular formula is C21H22N4O4S2. The van der Waals surface area contributed by atoms with Crippen LogP contribution in [0.1, 0.15) is 11.6 Å². The van der Waals surface area contributed by atoms with E-state index in [2.05, 4.69) is 10.2 Å². The third-order valence-electron chi connectivity index (χ3n) is 4.55. The monoisotopic (exact) mass is 458 g/mol. The van der Waals surface area contributed by atoms with Crippen LogP contribution >= 0.6 is 11.8 Å². The minimum absolute atomic E-state index is 0.118. The molecule has 2 aromatic heterocycles. The van der Waals surface area contributed by atoms with Gasteiger partial charge in [-0.1, -0.05) is 24.3 Å². The number of thioether (sulfide) groups is 1. The van der Waals surface area contributed by atoms with Crippen LogP contribution in [-0.4, -0.2) is 41.2 Å². The molecule has 0 saturated carbocycles. The highest BCUT2D eigenvalue weighted by molar-refractivity contribution is 7.98. The maximum atomic E-state index is 12.2. The summed E-state index contributed by atoms with van der Waals surface area (Å²) < 4.78 is 37.2. The van der Waals surface area contributed by atoms with Crippen LogP contribution in [-0.2, 0) is 22.3 Å². The molecule has 2 aromatic carbocycles. The first kappa shape index (κ1) is 21.4. The summed E-state index contributed by atoms with van der Waals surface area (Å²) in [5, 5.41) is 8.99. The van der Waals surface area contributed by atoms with Gasteiger partial charge >= 0.3 is 0 Å². The second kappa shape index (κ2) is 9.13. The molecule has 0 bridgehead atoms. The number of hydrogen-bond acceptors (Lipinski definition) is 8. The van der Waals surface area contributed by atoms with Crippen LogP contribution < -0.4 is 10.5 Å². The summed E-state index contributed by atoms with van der Waals surface area (Å²) in [6, 6.07) is 16.8. The maximum absolute atomic E-state index is 12.2. The average Bonchev–Trinajstić information content (AvgIpc) is 3.37. The van der Waals surface area contributed by atoms with E-state index in [4.69, 9.17) is 14.9 Å². The van der Waals surface area contributed by atoms with E-state index < -0.39 is 10.0 Å². The first-order valence-electron chi connectivity index (χ1n) is 9.59. The molecule has 10 heteroatoms. The Morgan fingerprint density at radius 3 is 2.68 bits per heavy atom. The molecule has 0 unspecified atom stereocenters. The quantitative estimate of drug-likeness (QED) is 0.380. The van der Waals surface area contributed by atoms with E-state index in [0.29, 0.717) is 40.9 Å². The summed E-state index contributed by atoms with van der Waals surface area (Å²) in [6.07, 6.45) is 1.15. The van der Waals surface area contributed by atoms with E-state index in [0.717, 1.165) is 23.1 Å². The van der Waals surface area contributed by atoms with Gasteiger partial charge in [0.05, 0.1) is 24.1 Å². The lowest BCUT2D eigenvalue weighted by atomic mass is 10.1. The number of aromatic nitrogens is 3. The molecule has 0 radical (unpaired) electrons. The van der Waals surface area contributed by atoms with Crippen molar-refractivity contribution in [2.45, 2.75) is 12.3 Å². The second-order valence-corrected chi connectivity index (χ2v) is 9.79. The van der Waals surface area contributed by atoms with Crippen LogP contribution in [0.4, 0.5) is 0 Å². The molecule has 4 aromatic rings. The van der Waals surface area contributed by atoms with Gasteiger partial charge in [0, 0.05) is 28.9 Å². The Balaban J connectivity index is 1.43. The van der Waals surface area contributed by atoms with E-state index >= 15 is 0 Å². The van der Waals surface area contributed by atoms with Gasteiger partial charge in [0.15, 0.2) is 0 Å². The highest BCUT2D eigenvalue weighted by Crippen LogP contribution is 2.28. The van der Waals surface area contributed by atoms with Gasteiger partial charge in [0.25, 0.3) is 0 Å². The van der Waals surface area contributed by atoms with Crippen LogP contribution in [0.5, 0.6) is 5.75 Å². The second-order valence-electron chi connectivity index (χ2n) is 6.86. The number of para-hydroxylation sites is 1. The normalized spacial score (nSPS) is 11.8. The number of ether oxygens (including phenoxy) is 1. The van der Waals surface area contributed by atoms with Crippen LogP contribution in [0, 0.1) is 0 Å². The number of fused-ring (bicyclic) bond motifs is 1. The molecule has 162 valence electrons. The highest BCUT2D eigenvalue weighted by atomic mass is 32.2. The number of benzene rings is 2. The topological polar surface area (TPSA) is 113 Å². The van der Waals surface area contributed by atoms with Crippen molar-refractivity contribution in [2.24, 2.45) is 5.73 Å². The minimum atomic E-state index is -3.51. The molecule has 0 atom stereocenters. The Hall–Kier alpha value is -2.82. The van der Waals surface area contributed by atoms with Crippen molar-refractivity contribution in [3.63, 3.8) is 0 Å². The van der Waals surface area contributed by atoms with Crippen molar-refractivity contribution in [3.8, 4) is 17.2 Å². The Bertz CT molecular complexity index is 1280. The predicted octanol–water partition coefficient (Wildman–Crippen LogP) is 3.27. The fraction of sp³-hybridized carbons (Fsp3) is 0.238. The maximum Gasteiger partial charge on any atom is 0.247 e. The van der Waals surface area contributed by atoms with Crippen molar-refractivity contribution in [2.75, 3.05) is 18.6 Å². The first-order chi connectivity index (χ1) is 15.0. The summed E-state index contributed by atoms with van der Waals surface area (Å²) >= 11 is 1.63. The Morgan fingerprint density at radius 1 is 1.13 bits per heavy atom. The third kappa shape index (κ3) is 4.92. The summed E-state index contributed by atoms with van der Waals surface area (Å²) in [6.45, 7) is 0.700. The Kier molecular flexibility index (Phi) is 6.30. The first-order valence-corrected chi connectivity index (χ1v) is 12.6. The lowest BCUT2D eigenvalue weighted by Gasteiger charge is -2.07. The molecule has 0 aliphatic carbocycles. The van der Waals surface area contributed by atoms with Crippen molar-refractivity contribution >= 4 is 32.7 Å². The van der Waals surface area contributed by atoms with Gasteiger partial charge in [-0.3, -0.25) is 0 Å². The van der Waals surface area contributed by atoms with E-state index in [1.54, 1.807) is 23.9 Å². The fourth-order valence-corrected chi connectivity index (χ4v) is 4.93.